The van der Waals surface area contributed by atoms with Crippen molar-refractivity contribution in [2.45, 2.75) is 64.5 Å². The summed E-state index contributed by atoms with van der Waals surface area (Å²) in [6, 6.07) is 0.624. The Bertz CT molecular complexity index is 262. The highest BCUT2D eigenvalue weighted by molar-refractivity contribution is 5.72. The first-order valence-corrected chi connectivity index (χ1v) is 7.63. The zero-order chi connectivity index (χ0) is 14.3. The van der Waals surface area contributed by atoms with E-state index in [9.17, 15) is 4.79 Å². The van der Waals surface area contributed by atoms with Gasteiger partial charge in [-0.3, -0.25) is 0 Å². The SMILES string of the molecule is CCOC(CCN(C)C1CCC(CC)CC1)C(=O)O. The molecule has 19 heavy (non-hydrogen) atoms. The number of ether oxygens (including phenoxy) is 1. The van der Waals surface area contributed by atoms with Crippen molar-refractivity contribution >= 4 is 5.97 Å². The molecule has 4 nitrogen and oxygen atoms in total. The van der Waals surface area contributed by atoms with Gasteiger partial charge in [0.2, 0.25) is 0 Å². The second kappa shape index (κ2) is 8.54. The van der Waals surface area contributed by atoms with Gasteiger partial charge in [-0.15, -0.1) is 0 Å². The van der Waals surface area contributed by atoms with Gasteiger partial charge in [0.25, 0.3) is 0 Å². The summed E-state index contributed by atoms with van der Waals surface area (Å²) in [6.07, 6.45) is 6.36. The number of rotatable bonds is 8. The summed E-state index contributed by atoms with van der Waals surface area (Å²) in [7, 11) is 2.11. The van der Waals surface area contributed by atoms with Crippen molar-refractivity contribution in [3.8, 4) is 0 Å². The molecule has 0 aliphatic heterocycles. The maximum atomic E-state index is 11.0. The third kappa shape index (κ3) is 5.49. The topological polar surface area (TPSA) is 49.8 Å². The van der Waals surface area contributed by atoms with Gasteiger partial charge in [-0.2, -0.15) is 0 Å². The summed E-state index contributed by atoms with van der Waals surface area (Å²) in [5.74, 6) is 0.0600. The van der Waals surface area contributed by atoms with Crippen LogP contribution in [0.15, 0.2) is 0 Å². The van der Waals surface area contributed by atoms with Gasteiger partial charge in [-0.1, -0.05) is 13.3 Å². The summed E-state index contributed by atoms with van der Waals surface area (Å²) in [5, 5.41) is 9.05. The second-order valence-corrected chi connectivity index (χ2v) is 5.63. The predicted molar refractivity (Wildman–Crippen MR) is 76.3 cm³/mol. The Labute approximate surface area is 117 Å². The van der Waals surface area contributed by atoms with Crippen molar-refractivity contribution in [1.29, 1.82) is 0 Å². The van der Waals surface area contributed by atoms with E-state index in [1.807, 2.05) is 6.92 Å². The molecule has 1 aliphatic rings. The van der Waals surface area contributed by atoms with Crippen molar-refractivity contribution in [1.82, 2.24) is 4.90 Å². The zero-order valence-electron chi connectivity index (χ0n) is 12.6. The summed E-state index contributed by atoms with van der Waals surface area (Å²) in [5.41, 5.74) is 0. The lowest BCUT2D eigenvalue weighted by Crippen LogP contribution is -2.38. The standard InChI is InChI=1S/C15H29NO3/c1-4-12-6-8-13(9-7-12)16(3)11-10-14(15(17)18)19-5-2/h12-14H,4-11H2,1-3H3,(H,17,18). The molecule has 1 atom stereocenters. The lowest BCUT2D eigenvalue weighted by Gasteiger charge is -2.34. The van der Waals surface area contributed by atoms with E-state index in [0.29, 0.717) is 19.1 Å². The van der Waals surface area contributed by atoms with Gasteiger partial charge in [0.15, 0.2) is 6.10 Å². The molecule has 0 heterocycles. The lowest BCUT2D eigenvalue weighted by atomic mass is 9.84. The first kappa shape index (κ1) is 16.4. The molecule has 4 heteroatoms. The van der Waals surface area contributed by atoms with Crippen LogP contribution in [-0.4, -0.2) is 48.3 Å². The number of nitrogens with zero attached hydrogens (tertiary/aromatic N) is 1. The average Bonchev–Trinajstić information content (AvgIpc) is 2.42. The Hall–Kier alpha value is -0.610. The van der Waals surface area contributed by atoms with Crippen LogP contribution in [-0.2, 0) is 9.53 Å². The molecule has 1 fully saturated rings. The molecule has 0 radical (unpaired) electrons. The van der Waals surface area contributed by atoms with Gasteiger partial charge in [0.05, 0.1) is 0 Å². The highest BCUT2D eigenvalue weighted by Gasteiger charge is 2.24. The van der Waals surface area contributed by atoms with E-state index in [1.165, 1.54) is 32.1 Å². The van der Waals surface area contributed by atoms with Crippen molar-refractivity contribution < 1.29 is 14.6 Å². The molecular formula is C15H29NO3. The molecule has 1 saturated carbocycles. The van der Waals surface area contributed by atoms with Crippen molar-refractivity contribution in [3.63, 3.8) is 0 Å². The molecule has 0 saturated heterocycles. The second-order valence-electron chi connectivity index (χ2n) is 5.63. The Morgan fingerprint density at radius 2 is 1.95 bits per heavy atom. The number of hydrogen-bond acceptors (Lipinski definition) is 3. The molecule has 0 bridgehead atoms. The fourth-order valence-electron chi connectivity index (χ4n) is 2.98. The highest BCUT2D eigenvalue weighted by atomic mass is 16.5. The first-order chi connectivity index (χ1) is 9.08. The van der Waals surface area contributed by atoms with Gasteiger partial charge < -0.3 is 14.7 Å². The van der Waals surface area contributed by atoms with E-state index in [4.69, 9.17) is 9.84 Å². The Morgan fingerprint density at radius 1 is 1.32 bits per heavy atom. The number of carbonyl (C=O) groups is 1. The van der Waals surface area contributed by atoms with Crippen LogP contribution >= 0.6 is 0 Å². The van der Waals surface area contributed by atoms with E-state index < -0.39 is 12.1 Å². The largest absolute Gasteiger partial charge is 0.479 e. The van der Waals surface area contributed by atoms with Gasteiger partial charge in [0, 0.05) is 19.2 Å². The number of aliphatic carboxylic acids is 1. The van der Waals surface area contributed by atoms with Crippen LogP contribution < -0.4 is 0 Å². The van der Waals surface area contributed by atoms with Crippen LogP contribution in [0.3, 0.4) is 0 Å². The minimum absolute atomic E-state index is 0.461. The third-order valence-electron chi connectivity index (χ3n) is 4.40. The summed E-state index contributed by atoms with van der Waals surface area (Å²) in [6.45, 7) is 5.38. The van der Waals surface area contributed by atoms with Crippen LogP contribution in [0.1, 0.15) is 52.4 Å². The van der Waals surface area contributed by atoms with E-state index in [2.05, 4.69) is 18.9 Å². The van der Waals surface area contributed by atoms with Crippen LogP contribution in [0.4, 0.5) is 0 Å². The van der Waals surface area contributed by atoms with Gasteiger partial charge in [0.1, 0.15) is 0 Å². The molecule has 0 spiro atoms. The van der Waals surface area contributed by atoms with Crippen molar-refractivity contribution in [3.05, 3.63) is 0 Å². The van der Waals surface area contributed by atoms with Crippen molar-refractivity contribution in [2.75, 3.05) is 20.2 Å². The molecule has 0 aromatic carbocycles. The summed E-state index contributed by atoms with van der Waals surface area (Å²) >= 11 is 0. The van der Waals surface area contributed by atoms with Gasteiger partial charge in [-0.25, -0.2) is 4.79 Å². The van der Waals surface area contributed by atoms with Crippen LogP contribution in [0.2, 0.25) is 0 Å². The van der Waals surface area contributed by atoms with E-state index in [-0.39, 0.29) is 0 Å². The summed E-state index contributed by atoms with van der Waals surface area (Å²) < 4.78 is 5.25. The third-order valence-corrected chi connectivity index (χ3v) is 4.40. The molecule has 1 unspecified atom stereocenters. The molecule has 1 N–H and O–H groups in total. The molecule has 0 aromatic rings. The monoisotopic (exact) mass is 271 g/mol. The smallest absolute Gasteiger partial charge is 0.332 e. The normalized spacial score (nSPS) is 25.5. The van der Waals surface area contributed by atoms with E-state index in [0.717, 1.165) is 12.5 Å². The number of carboxylic acid groups (broad SMARTS) is 1. The fourth-order valence-corrected chi connectivity index (χ4v) is 2.98. The maximum absolute atomic E-state index is 11.0. The van der Waals surface area contributed by atoms with Crippen molar-refractivity contribution in [2.24, 2.45) is 5.92 Å². The molecule has 1 aliphatic carbocycles. The lowest BCUT2D eigenvalue weighted by molar-refractivity contribution is -0.150. The highest BCUT2D eigenvalue weighted by Crippen LogP contribution is 2.29. The minimum Gasteiger partial charge on any atom is -0.479 e. The number of hydrogen-bond donors (Lipinski definition) is 1. The Morgan fingerprint density at radius 3 is 2.42 bits per heavy atom. The van der Waals surface area contributed by atoms with Crippen LogP contribution in [0.25, 0.3) is 0 Å². The molecular weight excluding hydrogens is 242 g/mol. The van der Waals surface area contributed by atoms with Crippen LogP contribution in [0.5, 0.6) is 0 Å². The quantitative estimate of drug-likeness (QED) is 0.737. The molecule has 0 amide bonds. The minimum atomic E-state index is -0.843. The zero-order valence-corrected chi connectivity index (χ0v) is 12.6. The number of carboxylic acids is 1. The van der Waals surface area contributed by atoms with E-state index >= 15 is 0 Å². The average molecular weight is 271 g/mol. The Balaban J connectivity index is 2.30. The van der Waals surface area contributed by atoms with Gasteiger partial charge >= 0.3 is 5.97 Å². The predicted octanol–water partition coefficient (Wildman–Crippen LogP) is 2.77. The van der Waals surface area contributed by atoms with E-state index in [1.54, 1.807) is 0 Å². The maximum Gasteiger partial charge on any atom is 0.332 e. The van der Waals surface area contributed by atoms with Gasteiger partial charge in [-0.05, 0) is 52.0 Å². The molecule has 112 valence electrons. The molecule has 1 rings (SSSR count). The first-order valence-electron chi connectivity index (χ1n) is 7.63. The Kier molecular flexibility index (Phi) is 7.39. The molecule has 0 aromatic heterocycles. The van der Waals surface area contributed by atoms with Crippen LogP contribution in [0, 0.1) is 5.92 Å². The fraction of sp³-hybridized carbons (Fsp3) is 0.933. The summed E-state index contributed by atoms with van der Waals surface area (Å²) in [4.78, 5) is 13.3.